The molecule has 1 rings (SSSR count). The summed E-state index contributed by atoms with van der Waals surface area (Å²) in [4.78, 5) is 11.5. The first kappa shape index (κ1) is 14.1. The van der Waals surface area contributed by atoms with E-state index in [-0.39, 0.29) is 17.4 Å². The smallest absolute Gasteiger partial charge is 0.226 e. The van der Waals surface area contributed by atoms with Crippen LogP contribution in [0.1, 0.15) is 45.5 Å². The van der Waals surface area contributed by atoms with E-state index in [2.05, 4.69) is 36.3 Å². The largest absolute Gasteiger partial charge is 0.328 e. The summed E-state index contributed by atoms with van der Waals surface area (Å²) in [6, 6.07) is 0.0420. The highest BCUT2D eigenvalue weighted by Gasteiger charge is 2.19. The van der Waals surface area contributed by atoms with Gasteiger partial charge in [-0.2, -0.15) is 0 Å². The van der Waals surface area contributed by atoms with Gasteiger partial charge in [0.05, 0.1) is 0 Å². The van der Waals surface area contributed by atoms with Crippen LogP contribution in [0.25, 0.3) is 0 Å². The maximum Gasteiger partial charge on any atom is 0.226 e. The van der Waals surface area contributed by atoms with Crippen molar-refractivity contribution in [2.24, 2.45) is 5.73 Å². The molecular formula is C11H20N4OS. The molecular weight excluding hydrogens is 236 g/mol. The summed E-state index contributed by atoms with van der Waals surface area (Å²) in [6.07, 6.45) is 1.10. The molecule has 5 nitrogen and oxygen atoms in total. The predicted octanol–water partition coefficient (Wildman–Crippen LogP) is 1.90. The van der Waals surface area contributed by atoms with Crippen molar-refractivity contribution < 1.29 is 4.79 Å². The zero-order valence-corrected chi connectivity index (χ0v) is 11.6. The SMILES string of the molecule is CC(N)CCC(=O)Nc1nnc(C(C)(C)C)s1. The predicted molar refractivity (Wildman–Crippen MR) is 70.1 cm³/mol. The van der Waals surface area contributed by atoms with E-state index in [0.717, 1.165) is 5.01 Å². The molecule has 1 amide bonds. The van der Waals surface area contributed by atoms with Gasteiger partial charge in [-0.3, -0.25) is 4.79 Å². The van der Waals surface area contributed by atoms with E-state index >= 15 is 0 Å². The monoisotopic (exact) mass is 256 g/mol. The zero-order chi connectivity index (χ0) is 13.1. The molecule has 0 spiro atoms. The van der Waals surface area contributed by atoms with E-state index in [0.29, 0.717) is 18.0 Å². The van der Waals surface area contributed by atoms with Crippen molar-refractivity contribution in [1.29, 1.82) is 0 Å². The zero-order valence-electron chi connectivity index (χ0n) is 10.8. The average molecular weight is 256 g/mol. The summed E-state index contributed by atoms with van der Waals surface area (Å²) in [7, 11) is 0. The van der Waals surface area contributed by atoms with Crippen molar-refractivity contribution >= 4 is 22.4 Å². The van der Waals surface area contributed by atoms with E-state index < -0.39 is 0 Å². The third-order valence-corrected chi connectivity index (χ3v) is 3.40. The molecule has 0 saturated carbocycles. The number of nitrogens with zero attached hydrogens (tertiary/aromatic N) is 2. The van der Waals surface area contributed by atoms with E-state index in [9.17, 15) is 4.79 Å². The molecule has 0 aromatic carbocycles. The Morgan fingerprint density at radius 1 is 1.47 bits per heavy atom. The second-order valence-corrected chi connectivity index (χ2v) is 6.20. The molecule has 3 N–H and O–H groups in total. The highest BCUT2D eigenvalue weighted by atomic mass is 32.1. The van der Waals surface area contributed by atoms with Crippen LogP contribution >= 0.6 is 11.3 Å². The molecule has 0 aliphatic heterocycles. The quantitative estimate of drug-likeness (QED) is 0.862. The lowest BCUT2D eigenvalue weighted by molar-refractivity contribution is -0.116. The van der Waals surface area contributed by atoms with Crippen LogP contribution in [0.5, 0.6) is 0 Å². The van der Waals surface area contributed by atoms with Crippen LogP contribution in [0.2, 0.25) is 0 Å². The second kappa shape index (κ2) is 5.55. The Hall–Kier alpha value is -1.01. The number of anilines is 1. The number of rotatable bonds is 4. The highest BCUT2D eigenvalue weighted by molar-refractivity contribution is 7.15. The maximum atomic E-state index is 11.5. The third-order valence-electron chi connectivity index (χ3n) is 2.14. The van der Waals surface area contributed by atoms with Gasteiger partial charge >= 0.3 is 0 Å². The number of aromatic nitrogens is 2. The van der Waals surface area contributed by atoms with Crippen molar-refractivity contribution in [3.63, 3.8) is 0 Å². The lowest BCUT2D eigenvalue weighted by Gasteiger charge is -2.12. The summed E-state index contributed by atoms with van der Waals surface area (Å²) < 4.78 is 0. The third kappa shape index (κ3) is 4.79. The first-order valence-corrected chi connectivity index (χ1v) is 6.50. The molecule has 0 aliphatic carbocycles. The van der Waals surface area contributed by atoms with Gasteiger partial charge in [0, 0.05) is 17.9 Å². The van der Waals surface area contributed by atoms with Gasteiger partial charge in [-0.05, 0) is 13.3 Å². The highest BCUT2D eigenvalue weighted by Crippen LogP contribution is 2.27. The fourth-order valence-corrected chi connectivity index (χ4v) is 1.93. The first-order chi connectivity index (χ1) is 7.79. The summed E-state index contributed by atoms with van der Waals surface area (Å²) in [5, 5.41) is 12.2. The van der Waals surface area contributed by atoms with Crippen LogP contribution in [0.3, 0.4) is 0 Å². The van der Waals surface area contributed by atoms with Crippen LogP contribution in [0, 0.1) is 0 Å². The molecule has 0 fully saturated rings. The number of amides is 1. The van der Waals surface area contributed by atoms with Crippen molar-refractivity contribution in [1.82, 2.24) is 10.2 Å². The van der Waals surface area contributed by atoms with Crippen molar-refractivity contribution in [2.75, 3.05) is 5.32 Å². The van der Waals surface area contributed by atoms with Crippen molar-refractivity contribution in [3.8, 4) is 0 Å². The number of hydrogen-bond acceptors (Lipinski definition) is 5. The van der Waals surface area contributed by atoms with Gasteiger partial charge in [0.1, 0.15) is 5.01 Å². The summed E-state index contributed by atoms with van der Waals surface area (Å²) in [5.41, 5.74) is 5.55. The van der Waals surface area contributed by atoms with Gasteiger partial charge in [0.2, 0.25) is 11.0 Å². The number of hydrogen-bond donors (Lipinski definition) is 2. The Morgan fingerprint density at radius 3 is 2.59 bits per heavy atom. The minimum absolute atomic E-state index is 0.0353. The van der Waals surface area contributed by atoms with Crippen molar-refractivity contribution in [3.05, 3.63) is 5.01 Å². The standard InChI is InChI=1S/C11H20N4OS/c1-7(12)5-6-8(16)13-10-15-14-9(17-10)11(2,3)4/h7H,5-6,12H2,1-4H3,(H,13,15,16). The van der Waals surface area contributed by atoms with Gasteiger partial charge < -0.3 is 11.1 Å². The van der Waals surface area contributed by atoms with Crippen LogP contribution < -0.4 is 11.1 Å². The normalized spacial score (nSPS) is 13.5. The van der Waals surface area contributed by atoms with Crippen molar-refractivity contribution in [2.45, 2.75) is 52.0 Å². The van der Waals surface area contributed by atoms with E-state index in [1.54, 1.807) is 0 Å². The molecule has 1 atom stereocenters. The molecule has 0 radical (unpaired) electrons. The van der Waals surface area contributed by atoms with Gasteiger partial charge in [0.25, 0.3) is 0 Å². The van der Waals surface area contributed by atoms with Gasteiger partial charge in [-0.15, -0.1) is 10.2 Å². The fraction of sp³-hybridized carbons (Fsp3) is 0.727. The van der Waals surface area contributed by atoms with Crippen LogP contribution in [0.15, 0.2) is 0 Å². The minimum atomic E-state index is -0.0566. The Morgan fingerprint density at radius 2 is 2.12 bits per heavy atom. The lowest BCUT2D eigenvalue weighted by Crippen LogP contribution is -2.19. The number of carbonyl (C=O) groups excluding carboxylic acids is 1. The van der Waals surface area contributed by atoms with E-state index in [1.165, 1.54) is 11.3 Å². The molecule has 1 unspecified atom stereocenters. The number of carbonyl (C=O) groups is 1. The summed E-state index contributed by atoms with van der Waals surface area (Å²) in [5.74, 6) is -0.0566. The molecule has 1 heterocycles. The molecule has 17 heavy (non-hydrogen) atoms. The molecule has 1 aromatic rings. The first-order valence-electron chi connectivity index (χ1n) is 5.68. The van der Waals surface area contributed by atoms with Crippen LogP contribution in [-0.2, 0) is 10.2 Å². The Bertz CT molecular complexity index is 381. The second-order valence-electron chi connectivity index (χ2n) is 5.23. The number of nitrogens with one attached hydrogen (secondary N) is 1. The molecule has 0 saturated heterocycles. The van der Waals surface area contributed by atoms with Gasteiger partial charge in [-0.25, -0.2) is 0 Å². The fourth-order valence-electron chi connectivity index (χ4n) is 1.12. The number of nitrogens with two attached hydrogens (primary N) is 1. The maximum absolute atomic E-state index is 11.5. The average Bonchev–Trinajstić information content (AvgIpc) is 2.62. The minimum Gasteiger partial charge on any atom is -0.328 e. The molecule has 96 valence electrons. The summed E-state index contributed by atoms with van der Waals surface area (Å²) >= 11 is 1.42. The van der Waals surface area contributed by atoms with E-state index in [1.807, 2.05) is 6.92 Å². The molecule has 0 aliphatic rings. The van der Waals surface area contributed by atoms with Gasteiger partial charge in [0.15, 0.2) is 0 Å². The Labute approximate surface area is 106 Å². The van der Waals surface area contributed by atoms with Gasteiger partial charge in [-0.1, -0.05) is 32.1 Å². The van der Waals surface area contributed by atoms with Crippen LogP contribution in [0.4, 0.5) is 5.13 Å². The summed E-state index contributed by atoms with van der Waals surface area (Å²) in [6.45, 7) is 8.08. The molecule has 1 aromatic heterocycles. The van der Waals surface area contributed by atoms with E-state index in [4.69, 9.17) is 5.73 Å². The molecule has 6 heteroatoms. The lowest BCUT2D eigenvalue weighted by atomic mass is 9.98. The molecule has 0 bridgehead atoms. The van der Waals surface area contributed by atoms with Crippen LogP contribution in [-0.4, -0.2) is 22.1 Å². The Balaban J connectivity index is 2.52. The topological polar surface area (TPSA) is 80.9 Å². The Kier molecular flexibility index (Phi) is 4.59.